The molecule has 6 aromatic carbocycles. The van der Waals surface area contributed by atoms with Crippen LogP contribution in [0.1, 0.15) is 34.6 Å². The van der Waals surface area contributed by atoms with Crippen molar-refractivity contribution in [1.82, 2.24) is 0 Å². The molecule has 0 saturated heterocycles. The second-order valence-corrected chi connectivity index (χ2v) is 22.6. The van der Waals surface area contributed by atoms with Crippen molar-refractivity contribution in [3.05, 3.63) is 157 Å². The van der Waals surface area contributed by atoms with Crippen LogP contribution in [0.15, 0.2) is 175 Å². The lowest BCUT2D eigenvalue weighted by Crippen LogP contribution is -3.00. The molecule has 0 amide bonds. The van der Waals surface area contributed by atoms with Crippen molar-refractivity contribution in [3.8, 4) is 23.0 Å². The Hall–Kier alpha value is -5.00. The van der Waals surface area contributed by atoms with Gasteiger partial charge in [0, 0.05) is 13.7 Å². The second-order valence-electron chi connectivity index (χ2n) is 18.5. The summed E-state index contributed by atoms with van der Waals surface area (Å²) in [6.07, 6.45) is -19.1. The summed E-state index contributed by atoms with van der Waals surface area (Å²) in [5.74, 6) is -0.381. The number of halogens is 16. The van der Waals surface area contributed by atoms with Gasteiger partial charge in [-0.3, -0.25) is 0 Å². The van der Waals surface area contributed by atoms with Crippen LogP contribution in [0.4, 0.5) is 61.5 Å². The molecule has 0 aliphatic heterocycles. The molecule has 5 atom stereocenters. The Morgan fingerprint density at radius 3 is 0.807 bits per heavy atom. The van der Waals surface area contributed by atoms with E-state index in [-0.39, 0.29) is 63.6 Å². The Balaban J connectivity index is 0.000000428. The minimum atomic E-state index is -4.87. The summed E-state index contributed by atoms with van der Waals surface area (Å²) >= 11 is 0. The number of alkyl halides is 12. The molecule has 2 N–H and O–H groups in total. The molecule has 27 heteroatoms. The topological polar surface area (TPSA) is 105 Å². The third-order valence-electron chi connectivity index (χ3n) is 11.8. The summed E-state index contributed by atoms with van der Waals surface area (Å²) < 4.78 is 221. The van der Waals surface area contributed by atoms with Crippen molar-refractivity contribution in [2.24, 2.45) is 0 Å². The van der Waals surface area contributed by atoms with E-state index in [4.69, 9.17) is 28.4 Å². The molecule has 5 unspecified atom stereocenters. The number of hydrogen-bond donors (Lipinski definition) is 2. The monoisotopic (exact) mass is 1360 g/mol. The first-order chi connectivity index (χ1) is 37.6. The molecule has 0 fully saturated rings. The highest BCUT2D eigenvalue weighted by Crippen LogP contribution is 2.40. The minimum Gasteiger partial charge on any atom is -1.00 e. The molecule has 9 nitrogen and oxygen atoms in total. The van der Waals surface area contributed by atoms with Crippen LogP contribution in [0.5, 0.6) is 23.0 Å². The van der Waals surface area contributed by atoms with Crippen molar-refractivity contribution in [1.29, 1.82) is 0 Å². The van der Waals surface area contributed by atoms with Gasteiger partial charge in [-0.2, -0.15) is 52.7 Å². The first-order valence-electron chi connectivity index (χ1n) is 24.0. The van der Waals surface area contributed by atoms with E-state index >= 15 is 0 Å². The van der Waals surface area contributed by atoms with Gasteiger partial charge in [-0.05, 0) is 180 Å². The largest absolute Gasteiger partial charge is 1.00 e. The van der Waals surface area contributed by atoms with Gasteiger partial charge in [-0.1, -0.05) is 0 Å². The summed E-state index contributed by atoms with van der Waals surface area (Å²) in [5, 5.41) is 19.1. The Morgan fingerprint density at radius 1 is 0.361 bits per heavy atom. The smallest absolute Gasteiger partial charge is 0.420 e. The van der Waals surface area contributed by atoms with Gasteiger partial charge in [0.15, 0.2) is 51.8 Å². The number of hydrogen-bond acceptors (Lipinski definition) is 9. The highest BCUT2D eigenvalue weighted by Gasteiger charge is 2.55. The molecule has 0 radical (unpaired) electrons. The van der Waals surface area contributed by atoms with Gasteiger partial charge in [0.1, 0.15) is 67.9 Å². The van der Waals surface area contributed by atoms with Crippen molar-refractivity contribution in [2.75, 3.05) is 46.9 Å². The Bertz CT molecular complexity index is 2810. The van der Waals surface area contributed by atoms with Crippen LogP contribution in [0.3, 0.4) is 0 Å². The zero-order valence-corrected chi connectivity index (χ0v) is 49.5. The fraction of sp³-hybridized carbons (Fsp3) is 0.357. The van der Waals surface area contributed by atoms with Gasteiger partial charge in [-0.15, -0.1) is 0 Å². The van der Waals surface area contributed by atoms with Gasteiger partial charge >= 0.3 is 24.7 Å². The van der Waals surface area contributed by atoms with E-state index < -0.39 is 114 Å². The fourth-order valence-electron chi connectivity index (χ4n) is 6.62. The maximum Gasteiger partial charge on any atom is 0.420 e. The van der Waals surface area contributed by atoms with Crippen molar-refractivity contribution < 1.29 is 139 Å². The van der Waals surface area contributed by atoms with Gasteiger partial charge < -0.3 is 77.3 Å². The highest BCUT2D eigenvalue weighted by atomic mass is 79.9. The summed E-state index contributed by atoms with van der Waals surface area (Å²) in [5.41, 5.74) is -11.2. The van der Waals surface area contributed by atoms with Crippen molar-refractivity contribution in [2.45, 2.75) is 111 Å². The van der Waals surface area contributed by atoms with E-state index in [1.165, 1.54) is 86.8 Å². The van der Waals surface area contributed by atoms with E-state index in [0.29, 0.717) is 28.5 Å². The molecule has 0 aromatic heterocycles. The average molecular weight is 1360 g/mol. The maximum atomic E-state index is 13.7. The quantitative estimate of drug-likeness (QED) is 0.0373. The number of methoxy groups -OCH3 is 1. The van der Waals surface area contributed by atoms with Gasteiger partial charge in [0.2, 0.25) is 0 Å². The van der Waals surface area contributed by atoms with E-state index in [1.54, 1.807) is 72.8 Å². The zero-order chi connectivity index (χ0) is 60.2. The third kappa shape index (κ3) is 19.8. The van der Waals surface area contributed by atoms with E-state index in [9.17, 15) is 71.7 Å². The number of rotatable bonds is 23. The number of aliphatic hydroxyl groups is 2. The fourth-order valence-corrected chi connectivity index (χ4v) is 10.7. The predicted molar refractivity (Wildman–Crippen MR) is 272 cm³/mol. The van der Waals surface area contributed by atoms with Crippen molar-refractivity contribution >= 4 is 21.8 Å². The number of benzene rings is 6. The SMILES string of the molecule is CC(O)(COc1ccc([S+](c2ccc(F)cc2)c2ccc(OCC(C)(O)C(F)(F)F)cc2)cc1)C(F)(F)F.CCOC(C)(COc1ccc([S+](c2ccc(F)cc2)c2ccc(OCC(C)(OCOC)C(F)(F)F)cc2)cc1)C(F)(F)F.[Br-].[Br-]. The molecule has 0 aliphatic rings. The number of ether oxygens (including phenoxy) is 7. The maximum absolute atomic E-state index is 13.7. The first kappa shape index (κ1) is 72.3. The van der Waals surface area contributed by atoms with Crippen molar-refractivity contribution in [3.63, 3.8) is 0 Å². The van der Waals surface area contributed by atoms with E-state index in [1.807, 2.05) is 0 Å². The molecule has 6 rings (SSSR count). The molecule has 0 bridgehead atoms. The molecular formula is C56H56Br2F14O9S2. The van der Waals surface area contributed by atoms with Crippen LogP contribution in [0.2, 0.25) is 0 Å². The summed E-state index contributed by atoms with van der Waals surface area (Å²) in [6.45, 7) is 0.133. The normalized spacial score (nSPS) is 15.6. The van der Waals surface area contributed by atoms with Gasteiger partial charge in [0.05, 0.1) is 21.8 Å². The molecular weight excluding hydrogens is 1310 g/mol. The van der Waals surface area contributed by atoms with Crippen LogP contribution in [-0.2, 0) is 36.0 Å². The molecule has 0 heterocycles. The van der Waals surface area contributed by atoms with Crippen LogP contribution >= 0.6 is 0 Å². The van der Waals surface area contributed by atoms with Gasteiger partial charge in [0.25, 0.3) is 0 Å². The summed E-state index contributed by atoms with van der Waals surface area (Å²) in [7, 11) is -0.457. The molecule has 83 heavy (non-hydrogen) atoms. The molecule has 458 valence electrons. The Morgan fingerprint density at radius 2 is 0.590 bits per heavy atom. The van der Waals surface area contributed by atoms with E-state index in [0.717, 1.165) is 28.5 Å². The molecule has 0 spiro atoms. The standard InChI is InChI=1S/C30H32F7O5S.C26H24F7O4S.2BrH/c1-5-41-27(2,29(32,33)34)18-39-22-8-14-25(15-9-22)43(24-12-6-21(31)7-13-24)26-16-10-23(11-17-26)40-19-28(3,30(35,36)37)42-20-38-4;1-23(34,25(28,29)30)15-36-18-5-11-21(12-6-18)38(20-9-3-17(27)4-10-20)22-13-7-19(8-14-22)37-16-24(2,35)26(31,32)33;;/h6-17H,5,18-20H2,1-4H3;3-14,34-35H,15-16H2,1-2H3;2*1H/q2*+1;;/p-2. The zero-order valence-electron chi connectivity index (χ0n) is 44.7. The third-order valence-corrected chi connectivity index (χ3v) is 16.2. The Labute approximate surface area is 496 Å². The lowest BCUT2D eigenvalue weighted by atomic mass is 10.1. The predicted octanol–water partition coefficient (Wildman–Crippen LogP) is 8.29. The summed E-state index contributed by atoms with van der Waals surface area (Å²) in [4.78, 5) is 4.23. The molecule has 6 aromatic rings. The van der Waals surface area contributed by atoms with Crippen LogP contribution in [-0.4, -0.2) is 104 Å². The van der Waals surface area contributed by atoms with E-state index in [2.05, 4.69) is 4.74 Å². The Kier molecular flexibility index (Phi) is 26.0. The molecule has 0 aliphatic carbocycles. The lowest BCUT2D eigenvalue weighted by molar-refractivity contribution is -0.296. The average Bonchev–Trinajstić information content (AvgIpc) is 3.40. The molecule has 0 saturated carbocycles. The second kappa shape index (κ2) is 29.9. The lowest BCUT2D eigenvalue weighted by Gasteiger charge is -2.31. The summed E-state index contributed by atoms with van der Waals surface area (Å²) in [6, 6.07) is 36.4. The first-order valence-corrected chi connectivity index (χ1v) is 26.5. The van der Waals surface area contributed by atoms with Gasteiger partial charge in [-0.25, -0.2) is 8.78 Å². The van der Waals surface area contributed by atoms with Crippen LogP contribution in [0, 0.1) is 11.6 Å². The van der Waals surface area contributed by atoms with Crippen LogP contribution < -0.4 is 52.9 Å². The van der Waals surface area contributed by atoms with Crippen LogP contribution in [0.25, 0.3) is 0 Å². The minimum absolute atomic E-state index is 0. The highest BCUT2D eigenvalue weighted by molar-refractivity contribution is 7.97.